The number of nitrogens with one attached hydrogen (secondary N) is 1. The van der Waals surface area contributed by atoms with Crippen molar-refractivity contribution in [2.75, 3.05) is 13.0 Å². The van der Waals surface area contributed by atoms with Crippen LogP contribution in [-0.2, 0) is 12.8 Å². The Hall–Kier alpha value is -1.64. The minimum absolute atomic E-state index is 0.101. The molecule has 2 aliphatic rings. The SMILES string of the molecule is [2H]c1ccc2c(n1)C(=C1C([2H])C([2H])([2H])NC([2H])([2H])C1[2H])c1ccc(Cl)cc1C([2H])C2[2H]. The van der Waals surface area contributed by atoms with Crippen LogP contribution in [0.25, 0.3) is 5.57 Å². The first kappa shape index (κ1) is 7.29. The van der Waals surface area contributed by atoms with Gasteiger partial charge in [-0.15, -0.1) is 0 Å². The van der Waals surface area contributed by atoms with E-state index in [1.807, 2.05) is 0 Å². The van der Waals surface area contributed by atoms with Crippen LogP contribution in [-0.4, -0.2) is 18.0 Å². The molecule has 0 amide bonds. The van der Waals surface area contributed by atoms with Crippen LogP contribution >= 0.6 is 11.6 Å². The van der Waals surface area contributed by atoms with Gasteiger partial charge in [0.15, 0.2) is 0 Å². The smallest absolute Gasteiger partial charge is 0.0840 e. The molecular formula is C19H19ClN2. The molecule has 0 spiro atoms. The summed E-state index contributed by atoms with van der Waals surface area (Å²) < 4.78 is 75.0. The van der Waals surface area contributed by atoms with Crippen molar-refractivity contribution in [2.45, 2.75) is 25.6 Å². The lowest BCUT2D eigenvalue weighted by atomic mass is 9.89. The lowest BCUT2D eigenvalue weighted by Gasteiger charge is -2.21. The van der Waals surface area contributed by atoms with E-state index in [2.05, 4.69) is 10.3 Å². The van der Waals surface area contributed by atoms with Gasteiger partial charge in [0, 0.05) is 27.7 Å². The summed E-state index contributed by atoms with van der Waals surface area (Å²) in [4.78, 5) is 4.24. The summed E-state index contributed by atoms with van der Waals surface area (Å²) in [5, 5.41) is 2.43. The van der Waals surface area contributed by atoms with Crippen molar-refractivity contribution in [2.24, 2.45) is 0 Å². The van der Waals surface area contributed by atoms with Gasteiger partial charge >= 0.3 is 0 Å². The van der Waals surface area contributed by atoms with Crippen LogP contribution in [0.15, 0.2) is 42.1 Å². The first-order valence-corrected chi connectivity index (χ1v) is 7.23. The molecule has 22 heavy (non-hydrogen) atoms. The number of hydrogen-bond donors (Lipinski definition) is 1. The Balaban J connectivity index is 2.18. The summed E-state index contributed by atoms with van der Waals surface area (Å²) in [6.45, 7) is -4.97. The van der Waals surface area contributed by atoms with E-state index >= 15 is 0 Å². The highest BCUT2D eigenvalue weighted by atomic mass is 35.5. The highest BCUT2D eigenvalue weighted by Gasteiger charge is 2.23. The molecule has 1 aromatic heterocycles. The number of benzene rings is 1. The molecule has 4 atom stereocenters. The summed E-state index contributed by atoms with van der Waals surface area (Å²) in [6, 6.07) is 7.51. The first-order valence-electron chi connectivity index (χ1n) is 11.7. The standard InChI is InChI=1S/C19H19ClN2/c20-16-5-6-17-15(12-16)4-3-14-2-1-9-22-19(14)18(17)13-7-10-21-11-8-13/h1-2,5-6,9,12,21H,3-4,7-8,10-11H2/i3D,4D,7D,8D,9D,10D2,11D2. The van der Waals surface area contributed by atoms with Crippen molar-refractivity contribution < 1.29 is 12.3 Å². The predicted octanol–water partition coefficient (Wildman–Crippen LogP) is 4.02. The molecule has 3 heteroatoms. The third-order valence-electron chi connectivity index (χ3n) is 3.64. The summed E-state index contributed by atoms with van der Waals surface area (Å²) >= 11 is 6.15. The summed E-state index contributed by atoms with van der Waals surface area (Å²) in [5.74, 6) is 0. The number of pyridine rings is 1. The van der Waals surface area contributed by atoms with Crippen molar-refractivity contribution >= 4 is 17.2 Å². The number of hydrogen-bond acceptors (Lipinski definition) is 2. The van der Waals surface area contributed by atoms with Gasteiger partial charge in [-0.1, -0.05) is 29.3 Å². The third-order valence-corrected chi connectivity index (χ3v) is 3.87. The minimum atomic E-state index is -2.48. The number of fused-ring (bicyclic) bond motifs is 2. The van der Waals surface area contributed by atoms with Gasteiger partial charge in [0.05, 0.1) is 7.06 Å². The molecule has 2 aromatic rings. The Bertz CT molecular complexity index is 1070. The largest absolute Gasteiger partial charge is 0.316 e. The number of rotatable bonds is 0. The number of piperidine rings is 1. The monoisotopic (exact) mass is 319 g/mol. The molecule has 1 aromatic carbocycles. The van der Waals surface area contributed by atoms with E-state index in [-0.39, 0.29) is 23.0 Å². The maximum Gasteiger partial charge on any atom is 0.0840 e. The van der Waals surface area contributed by atoms with Crippen molar-refractivity contribution in [3.8, 4) is 0 Å². The fourth-order valence-corrected chi connectivity index (χ4v) is 2.84. The van der Waals surface area contributed by atoms with Crippen molar-refractivity contribution in [3.63, 3.8) is 0 Å². The van der Waals surface area contributed by atoms with E-state index in [9.17, 15) is 0 Å². The van der Waals surface area contributed by atoms with E-state index in [1.165, 1.54) is 18.2 Å². The Morgan fingerprint density at radius 3 is 2.77 bits per heavy atom. The molecule has 0 bridgehead atoms. The summed E-state index contributed by atoms with van der Waals surface area (Å²) in [7, 11) is 0. The van der Waals surface area contributed by atoms with Crippen LogP contribution in [0.3, 0.4) is 0 Å². The van der Waals surface area contributed by atoms with Crippen LogP contribution in [0.5, 0.6) is 0 Å². The van der Waals surface area contributed by atoms with Gasteiger partial charge in [0.25, 0.3) is 0 Å². The summed E-state index contributed by atoms with van der Waals surface area (Å²) in [5.41, 5.74) is 1.05. The van der Waals surface area contributed by atoms with Gasteiger partial charge in [-0.05, 0) is 73.5 Å². The zero-order valence-electron chi connectivity index (χ0n) is 20.5. The number of aromatic nitrogens is 1. The predicted molar refractivity (Wildman–Crippen MR) is 91.2 cm³/mol. The highest BCUT2D eigenvalue weighted by Crippen LogP contribution is 2.37. The average Bonchev–Trinajstić information content (AvgIpc) is 2.75. The molecule has 112 valence electrons. The van der Waals surface area contributed by atoms with Gasteiger partial charge in [0.2, 0.25) is 0 Å². The lowest BCUT2D eigenvalue weighted by Crippen LogP contribution is -2.24. The van der Waals surface area contributed by atoms with Gasteiger partial charge in [-0.25, -0.2) is 0 Å². The molecule has 1 aliphatic heterocycles. The van der Waals surface area contributed by atoms with Crippen molar-refractivity contribution in [3.05, 3.63) is 69.5 Å². The second-order valence-corrected chi connectivity index (χ2v) is 5.41. The molecule has 1 saturated heterocycles. The first-order chi connectivity index (χ1) is 14.3. The summed E-state index contributed by atoms with van der Waals surface area (Å²) in [6.07, 6.45) is -5.65. The molecule has 1 aliphatic carbocycles. The van der Waals surface area contributed by atoms with Crippen LogP contribution < -0.4 is 5.32 Å². The fraction of sp³-hybridized carbons (Fsp3) is 0.316. The quantitative estimate of drug-likeness (QED) is 0.793. The Kier molecular flexibility index (Phi) is 1.94. The average molecular weight is 320 g/mol. The maximum atomic E-state index is 8.64. The Labute approximate surface area is 148 Å². The molecule has 4 rings (SSSR count). The van der Waals surface area contributed by atoms with E-state index in [0.29, 0.717) is 21.7 Å². The second kappa shape index (κ2) is 5.86. The highest BCUT2D eigenvalue weighted by molar-refractivity contribution is 6.30. The molecular weight excluding hydrogens is 292 g/mol. The second-order valence-electron chi connectivity index (χ2n) is 4.98. The topological polar surface area (TPSA) is 24.9 Å². The zero-order chi connectivity index (χ0) is 22.9. The van der Waals surface area contributed by atoms with Crippen LogP contribution in [0.1, 0.15) is 47.5 Å². The van der Waals surface area contributed by atoms with E-state index in [1.54, 1.807) is 12.1 Å². The number of nitrogens with zero attached hydrogens (tertiary/aromatic N) is 1. The molecule has 1 fully saturated rings. The van der Waals surface area contributed by atoms with Crippen LogP contribution in [0.2, 0.25) is 5.02 Å². The van der Waals surface area contributed by atoms with Crippen LogP contribution in [0.4, 0.5) is 0 Å². The fourth-order valence-electron chi connectivity index (χ4n) is 2.66. The molecule has 2 nitrogen and oxygen atoms in total. The van der Waals surface area contributed by atoms with Gasteiger partial charge < -0.3 is 5.32 Å². The van der Waals surface area contributed by atoms with Gasteiger partial charge in [0.1, 0.15) is 0 Å². The maximum absolute atomic E-state index is 8.64. The normalized spacial score (nSPS) is 41.6. The minimum Gasteiger partial charge on any atom is -0.316 e. The Morgan fingerprint density at radius 1 is 1.09 bits per heavy atom. The molecule has 0 saturated carbocycles. The van der Waals surface area contributed by atoms with Gasteiger partial charge in [-0.2, -0.15) is 0 Å². The van der Waals surface area contributed by atoms with E-state index < -0.39 is 38.6 Å². The van der Waals surface area contributed by atoms with Crippen LogP contribution in [0, 0.1) is 0 Å². The molecule has 0 radical (unpaired) electrons. The number of halogens is 1. The third kappa shape index (κ3) is 2.47. The lowest BCUT2D eigenvalue weighted by molar-refractivity contribution is 0.611. The zero-order valence-corrected chi connectivity index (χ0v) is 12.3. The van der Waals surface area contributed by atoms with Gasteiger partial charge in [-0.3, -0.25) is 4.98 Å². The van der Waals surface area contributed by atoms with E-state index in [0.717, 1.165) is 0 Å². The van der Waals surface area contributed by atoms with Crippen molar-refractivity contribution in [1.82, 2.24) is 10.3 Å². The molecule has 2 heterocycles. The molecule has 1 N–H and O–H groups in total. The van der Waals surface area contributed by atoms with Crippen molar-refractivity contribution in [1.29, 1.82) is 0 Å². The number of aryl methyl sites for hydroxylation is 2. The van der Waals surface area contributed by atoms with E-state index in [4.69, 9.17) is 23.9 Å². The Morgan fingerprint density at radius 2 is 1.91 bits per heavy atom. The molecule has 4 unspecified atom stereocenters.